The van der Waals surface area contributed by atoms with E-state index in [0.717, 1.165) is 16.9 Å². The van der Waals surface area contributed by atoms with Gasteiger partial charge in [-0.1, -0.05) is 52.8 Å². The number of aromatic nitrogens is 1. The predicted octanol–water partition coefficient (Wildman–Crippen LogP) is 3.24. The van der Waals surface area contributed by atoms with Crippen LogP contribution in [-0.2, 0) is 16.1 Å². The molecule has 0 radical (unpaired) electrons. The summed E-state index contributed by atoms with van der Waals surface area (Å²) in [5, 5.41) is 4.02. The smallest absolute Gasteiger partial charge is 0.337 e. The molecule has 0 aliphatic heterocycles. The maximum absolute atomic E-state index is 12.4. The topological polar surface area (TPSA) is 99.0 Å². The Balaban J connectivity index is 1.61. The van der Waals surface area contributed by atoms with E-state index in [9.17, 15) is 14.4 Å². The largest absolute Gasteiger partial charge is 0.484 e. The van der Waals surface area contributed by atoms with Crippen molar-refractivity contribution in [2.45, 2.75) is 13.5 Å². The van der Waals surface area contributed by atoms with Gasteiger partial charge in [0.2, 0.25) is 0 Å². The van der Waals surface area contributed by atoms with E-state index in [1.54, 1.807) is 36.4 Å². The molecule has 0 aliphatic carbocycles. The fourth-order valence-corrected chi connectivity index (χ4v) is 3.80. The molecule has 1 N–H and O–H groups in total. The van der Waals surface area contributed by atoms with Gasteiger partial charge in [-0.15, -0.1) is 0 Å². The highest BCUT2D eigenvalue weighted by molar-refractivity contribution is 7.11. The van der Waals surface area contributed by atoms with E-state index in [1.807, 2.05) is 19.1 Å². The molecule has 2 aromatic carbocycles. The summed E-state index contributed by atoms with van der Waals surface area (Å²) in [4.78, 5) is 36.0. The molecule has 1 heterocycles. The summed E-state index contributed by atoms with van der Waals surface area (Å²) in [6, 6.07) is 14.0. The molecule has 8 nitrogen and oxygen atoms in total. The first-order valence-electron chi connectivity index (χ1n) is 9.45. The van der Waals surface area contributed by atoms with Crippen LogP contribution in [0, 0.1) is 6.92 Å². The number of esters is 1. The first-order chi connectivity index (χ1) is 15.4. The number of rotatable bonds is 8. The molecular formula is C22H20ClN3O5S. The van der Waals surface area contributed by atoms with Crippen LogP contribution in [0.5, 0.6) is 5.75 Å². The lowest BCUT2D eigenvalue weighted by Gasteiger charge is -2.06. The van der Waals surface area contributed by atoms with E-state index < -0.39 is 11.9 Å². The third-order valence-corrected chi connectivity index (χ3v) is 5.74. The molecule has 0 spiro atoms. The second-order valence-corrected chi connectivity index (χ2v) is 8.05. The van der Waals surface area contributed by atoms with Gasteiger partial charge in [-0.05, 0) is 36.8 Å². The number of nitrogens with one attached hydrogen (secondary N) is 1. The minimum atomic E-state index is -0.467. The van der Waals surface area contributed by atoms with Gasteiger partial charge < -0.3 is 9.47 Å². The van der Waals surface area contributed by atoms with Crippen molar-refractivity contribution in [3.63, 3.8) is 0 Å². The standard InChI is InChI=1S/C22H20ClN3O5S/c1-14-6-8-17(9-7-14)31-13-19(27)25-24-11-18-20(23)26(22(29)32-18)12-15-4-3-5-16(10-15)21(28)30-2/h3-11H,12-13H2,1-2H3,(H,25,27)/b24-11-. The van der Waals surface area contributed by atoms with Gasteiger partial charge in [0.05, 0.1) is 30.3 Å². The summed E-state index contributed by atoms with van der Waals surface area (Å²) in [5.41, 5.74) is 4.51. The Hall–Kier alpha value is -3.43. The van der Waals surface area contributed by atoms with Gasteiger partial charge in [0, 0.05) is 0 Å². The number of methoxy groups -OCH3 is 1. The van der Waals surface area contributed by atoms with Crippen molar-refractivity contribution in [1.82, 2.24) is 9.99 Å². The lowest BCUT2D eigenvalue weighted by atomic mass is 10.1. The summed E-state index contributed by atoms with van der Waals surface area (Å²) < 4.78 is 11.4. The number of benzene rings is 2. The monoisotopic (exact) mass is 473 g/mol. The number of aryl methyl sites for hydroxylation is 1. The molecule has 3 aromatic rings. The molecule has 0 aliphatic rings. The van der Waals surface area contributed by atoms with Gasteiger partial charge in [-0.2, -0.15) is 5.10 Å². The first kappa shape index (κ1) is 23.2. The summed E-state index contributed by atoms with van der Waals surface area (Å²) in [6.45, 7) is 1.92. The van der Waals surface area contributed by atoms with E-state index in [2.05, 4.69) is 10.5 Å². The van der Waals surface area contributed by atoms with Crippen molar-refractivity contribution < 1.29 is 19.1 Å². The van der Waals surface area contributed by atoms with E-state index in [4.69, 9.17) is 21.1 Å². The quantitative estimate of drug-likeness (QED) is 0.307. The van der Waals surface area contributed by atoms with Crippen LogP contribution in [0.15, 0.2) is 58.4 Å². The van der Waals surface area contributed by atoms with Crippen LogP contribution in [0.25, 0.3) is 0 Å². The summed E-state index contributed by atoms with van der Waals surface area (Å²) in [5.74, 6) is -0.348. The van der Waals surface area contributed by atoms with Gasteiger partial charge in [-0.3, -0.25) is 14.2 Å². The zero-order valence-corrected chi connectivity index (χ0v) is 18.9. The Morgan fingerprint density at radius 3 is 2.69 bits per heavy atom. The van der Waals surface area contributed by atoms with Crippen LogP contribution in [0.3, 0.4) is 0 Å². The highest BCUT2D eigenvalue weighted by atomic mass is 35.5. The maximum atomic E-state index is 12.4. The van der Waals surface area contributed by atoms with Gasteiger partial charge in [-0.25, -0.2) is 10.2 Å². The van der Waals surface area contributed by atoms with Crippen LogP contribution in [0.4, 0.5) is 0 Å². The second-order valence-electron chi connectivity index (χ2n) is 6.70. The predicted molar refractivity (Wildman–Crippen MR) is 123 cm³/mol. The zero-order valence-electron chi connectivity index (χ0n) is 17.3. The van der Waals surface area contributed by atoms with Crippen molar-refractivity contribution in [2.75, 3.05) is 13.7 Å². The van der Waals surface area contributed by atoms with E-state index in [-0.39, 0.29) is 23.2 Å². The van der Waals surface area contributed by atoms with Gasteiger partial charge >= 0.3 is 10.8 Å². The number of hydrogen-bond donors (Lipinski definition) is 1. The van der Waals surface area contributed by atoms with Gasteiger partial charge in [0.25, 0.3) is 5.91 Å². The number of halogens is 1. The zero-order chi connectivity index (χ0) is 23.1. The minimum absolute atomic E-state index is 0.170. The Morgan fingerprint density at radius 1 is 1.22 bits per heavy atom. The summed E-state index contributed by atoms with van der Waals surface area (Å²) >= 11 is 7.22. The average Bonchev–Trinajstić information content (AvgIpc) is 3.06. The molecule has 1 amide bonds. The average molecular weight is 474 g/mol. The van der Waals surface area contributed by atoms with Crippen LogP contribution < -0.4 is 15.0 Å². The molecule has 1 aromatic heterocycles. The van der Waals surface area contributed by atoms with Crippen LogP contribution in [-0.4, -0.2) is 36.4 Å². The Labute approximate surface area is 193 Å². The number of thiazole rings is 1. The van der Waals surface area contributed by atoms with Crippen molar-refractivity contribution >= 4 is 41.0 Å². The molecule has 0 saturated heterocycles. The Bertz CT molecular complexity index is 1200. The van der Waals surface area contributed by atoms with Crippen LogP contribution in [0.2, 0.25) is 5.15 Å². The molecule has 0 atom stereocenters. The van der Waals surface area contributed by atoms with E-state index in [0.29, 0.717) is 21.8 Å². The van der Waals surface area contributed by atoms with Gasteiger partial charge in [0.15, 0.2) is 6.61 Å². The lowest BCUT2D eigenvalue weighted by molar-refractivity contribution is -0.123. The van der Waals surface area contributed by atoms with Crippen molar-refractivity contribution in [2.24, 2.45) is 5.10 Å². The molecule has 0 bridgehead atoms. The molecule has 0 fully saturated rings. The number of carbonyl (C=O) groups is 2. The van der Waals surface area contributed by atoms with E-state index in [1.165, 1.54) is 17.9 Å². The second kappa shape index (κ2) is 10.7. The third-order valence-electron chi connectivity index (χ3n) is 4.31. The normalized spacial score (nSPS) is 10.8. The minimum Gasteiger partial charge on any atom is -0.484 e. The molecule has 32 heavy (non-hydrogen) atoms. The molecule has 10 heteroatoms. The number of ether oxygens (including phenoxy) is 2. The Kier molecular flexibility index (Phi) is 7.80. The van der Waals surface area contributed by atoms with Crippen LogP contribution >= 0.6 is 22.9 Å². The SMILES string of the molecule is COC(=O)c1cccc(Cn2c(Cl)c(/C=N\NC(=O)COc3ccc(C)cc3)sc2=O)c1. The molecule has 0 unspecified atom stereocenters. The molecule has 166 valence electrons. The number of carbonyl (C=O) groups excluding carboxylic acids is 2. The Morgan fingerprint density at radius 2 is 1.97 bits per heavy atom. The highest BCUT2D eigenvalue weighted by Gasteiger charge is 2.13. The number of hydrazone groups is 1. The fraction of sp³-hybridized carbons (Fsp3) is 0.182. The van der Waals surface area contributed by atoms with Gasteiger partial charge in [0.1, 0.15) is 10.9 Å². The molecule has 3 rings (SSSR count). The highest BCUT2D eigenvalue weighted by Crippen LogP contribution is 2.19. The van der Waals surface area contributed by atoms with Crippen molar-refractivity contribution in [1.29, 1.82) is 0 Å². The lowest BCUT2D eigenvalue weighted by Crippen LogP contribution is -2.24. The van der Waals surface area contributed by atoms with Crippen LogP contribution in [0.1, 0.15) is 26.4 Å². The van der Waals surface area contributed by atoms with Crippen molar-refractivity contribution in [3.8, 4) is 5.75 Å². The van der Waals surface area contributed by atoms with Crippen molar-refractivity contribution in [3.05, 3.63) is 84.9 Å². The fourth-order valence-electron chi connectivity index (χ4n) is 2.69. The summed E-state index contributed by atoms with van der Waals surface area (Å²) in [6.07, 6.45) is 1.31. The third kappa shape index (κ3) is 6.05. The molecule has 0 saturated carbocycles. The first-order valence-corrected chi connectivity index (χ1v) is 10.6. The number of amides is 1. The van der Waals surface area contributed by atoms with E-state index >= 15 is 0 Å². The number of nitrogens with zero attached hydrogens (tertiary/aromatic N) is 2. The maximum Gasteiger partial charge on any atom is 0.337 e. The number of hydrogen-bond acceptors (Lipinski definition) is 7. The summed E-state index contributed by atoms with van der Waals surface area (Å²) in [7, 11) is 1.30. The molecular weight excluding hydrogens is 454 g/mol.